The molecule has 0 fully saturated rings. The molecule has 1 heterocycles. The Morgan fingerprint density at radius 3 is 2.56 bits per heavy atom. The molecule has 0 saturated carbocycles. The lowest BCUT2D eigenvalue weighted by Crippen LogP contribution is -2.39. The van der Waals surface area contributed by atoms with Crippen LogP contribution in [0.15, 0.2) is 15.9 Å². The lowest BCUT2D eigenvalue weighted by Gasteiger charge is -2.23. The fourth-order valence-electron chi connectivity index (χ4n) is 1.38. The molecule has 1 N–H and O–H groups in total. The first-order valence-electron chi connectivity index (χ1n) is 5.39. The molecule has 0 atom stereocenters. The minimum atomic E-state index is -3.45. The first kappa shape index (κ1) is 16.1. The second kappa shape index (κ2) is 6.97. The zero-order valence-electron chi connectivity index (χ0n) is 10.3. The van der Waals surface area contributed by atoms with E-state index in [-0.39, 0.29) is 6.61 Å². The molecule has 0 aliphatic heterocycles. The zero-order chi connectivity index (χ0) is 13.8. The molecule has 18 heavy (non-hydrogen) atoms. The molecule has 0 aromatic carbocycles. The van der Waals surface area contributed by atoms with Crippen molar-refractivity contribution in [3.05, 3.63) is 20.8 Å². The fourth-order valence-corrected chi connectivity index (χ4v) is 4.11. The molecule has 0 saturated heterocycles. The second-order valence-electron chi connectivity index (χ2n) is 3.89. The summed E-state index contributed by atoms with van der Waals surface area (Å²) in [6.45, 7) is 0.654. The molecule has 1 rings (SSSR count). The van der Waals surface area contributed by atoms with Crippen molar-refractivity contribution in [3.8, 4) is 0 Å². The third kappa shape index (κ3) is 4.29. The minimum Gasteiger partial charge on any atom is -0.396 e. The van der Waals surface area contributed by atoms with E-state index in [0.29, 0.717) is 19.5 Å². The van der Waals surface area contributed by atoms with Crippen LogP contribution in [-0.2, 0) is 16.8 Å². The van der Waals surface area contributed by atoms with Crippen molar-refractivity contribution in [2.75, 3.05) is 27.2 Å². The minimum absolute atomic E-state index is 0.0125. The molecule has 0 unspecified atom stereocenters. The molecule has 0 aliphatic rings. The Morgan fingerprint density at radius 1 is 1.39 bits per heavy atom. The van der Waals surface area contributed by atoms with Gasteiger partial charge in [0.15, 0.2) is 0 Å². The maximum Gasteiger partial charge on any atom is 0.281 e. The maximum absolute atomic E-state index is 12.1. The molecule has 0 amide bonds. The van der Waals surface area contributed by atoms with Gasteiger partial charge in [0, 0.05) is 48.5 Å². The smallest absolute Gasteiger partial charge is 0.281 e. The van der Waals surface area contributed by atoms with E-state index in [1.807, 2.05) is 11.4 Å². The van der Waals surface area contributed by atoms with Crippen molar-refractivity contribution < 1.29 is 13.5 Å². The molecule has 104 valence electrons. The van der Waals surface area contributed by atoms with Crippen LogP contribution in [0.4, 0.5) is 0 Å². The van der Waals surface area contributed by atoms with Crippen molar-refractivity contribution in [2.45, 2.75) is 13.0 Å². The normalized spacial score (nSPS) is 12.6. The van der Waals surface area contributed by atoms with Crippen LogP contribution in [-0.4, -0.2) is 49.4 Å². The monoisotopic (exact) mass is 356 g/mol. The van der Waals surface area contributed by atoms with E-state index in [0.717, 1.165) is 9.35 Å². The third-order valence-electron chi connectivity index (χ3n) is 2.42. The fraction of sp³-hybridized carbons (Fsp3) is 0.600. The summed E-state index contributed by atoms with van der Waals surface area (Å²) in [5.74, 6) is 0. The van der Waals surface area contributed by atoms with Crippen molar-refractivity contribution in [1.29, 1.82) is 0 Å². The van der Waals surface area contributed by atoms with E-state index in [4.69, 9.17) is 5.11 Å². The molecule has 1 aromatic heterocycles. The van der Waals surface area contributed by atoms with E-state index >= 15 is 0 Å². The van der Waals surface area contributed by atoms with E-state index in [2.05, 4.69) is 15.9 Å². The molecule has 1 aromatic rings. The Bertz CT molecular complexity index is 475. The first-order valence-corrected chi connectivity index (χ1v) is 8.46. The maximum atomic E-state index is 12.1. The predicted octanol–water partition coefficient (Wildman–Crippen LogP) is 1.50. The summed E-state index contributed by atoms with van der Waals surface area (Å²) >= 11 is 4.85. The number of hydrogen-bond donors (Lipinski definition) is 1. The molecule has 0 aliphatic carbocycles. The summed E-state index contributed by atoms with van der Waals surface area (Å²) in [6, 6.07) is 1.91. The lowest BCUT2D eigenvalue weighted by molar-refractivity contribution is 0.272. The lowest BCUT2D eigenvalue weighted by atomic mass is 10.5. The molecule has 0 radical (unpaired) electrons. The SMILES string of the molecule is CN(CCCO)S(=O)(=O)N(C)Cc1cc(Br)cs1. The Morgan fingerprint density at radius 2 is 2.06 bits per heavy atom. The summed E-state index contributed by atoms with van der Waals surface area (Å²) in [6.07, 6.45) is 0.439. The van der Waals surface area contributed by atoms with Crippen molar-refractivity contribution in [1.82, 2.24) is 8.61 Å². The number of aliphatic hydroxyl groups excluding tert-OH is 1. The standard InChI is InChI=1S/C10H17BrN2O3S2/c1-12(4-3-5-14)18(15,16)13(2)7-10-6-9(11)8-17-10/h6,8,14H,3-5,7H2,1-2H3. The summed E-state index contributed by atoms with van der Waals surface area (Å²) < 4.78 is 27.7. The topological polar surface area (TPSA) is 60.9 Å². The van der Waals surface area contributed by atoms with Crippen LogP contribution in [0.2, 0.25) is 0 Å². The second-order valence-corrected chi connectivity index (χ2v) is 7.95. The molecule has 0 spiro atoms. The number of rotatable bonds is 7. The van der Waals surface area contributed by atoms with Gasteiger partial charge in [-0.05, 0) is 28.4 Å². The Kier molecular flexibility index (Phi) is 6.22. The quantitative estimate of drug-likeness (QED) is 0.805. The van der Waals surface area contributed by atoms with Gasteiger partial charge in [-0.2, -0.15) is 17.0 Å². The van der Waals surface area contributed by atoms with Crippen LogP contribution < -0.4 is 0 Å². The molecular weight excluding hydrogens is 340 g/mol. The average Bonchev–Trinajstić information content (AvgIpc) is 2.71. The van der Waals surface area contributed by atoms with Gasteiger partial charge in [-0.1, -0.05) is 0 Å². The molecule has 5 nitrogen and oxygen atoms in total. The van der Waals surface area contributed by atoms with E-state index in [1.54, 1.807) is 7.05 Å². The van der Waals surface area contributed by atoms with Gasteiger partial charge in [0.1, 0.15) is 0 Å². The van der Waals surface area contributed by atoms with Crippen LogP contribution in [0.25, 0.3) is 0 Å². The van der Waals surface area contributed by atoms with Crippen LogP contribution >= 0.6 is 27.3 Å². The Labute approximate surface area is 120 Å². The van der Waals surface area contributed by atoms with Gasteiger partial charge in [0.25, 0.3) is 10.2 Å². The predicted molar refractivity (Wildman–Crippen MR) is 76.7 cm³/mol. The van der Waals surface area contributed by atoms with Crippen molar-refractivity contribution in [3.63, 3.8) is 0 Å². The number of halogens is 1. The number of thiophene rings is 1. The highest BCUT2D eigenvalue weighted by atomic mass is 79.9. The third-order valence-corrected chi connectivity index (χ3v) is 5.99. The Hall–Kier alpha value is 0.01000. The van der Waals surface area contributed by atoms with Gasteiger partial charge >= 0.3 is 0 Å². The van der Waals surface area contributed by atoms with E-state index in [9.17, 15) is 8.42 Å². The summed E-state index contributed by atoms with van der Waals surface area (Å²) in [4.78, 5) is 0.975. The summed E-state index contributed by atoms with van der Waals surface area (Å²) in [5, 5.41) is 10.6. The van der Waals surface area contributed by atoms with Crippen LogP contribution in [0.1, 0.15) is 11.3 Å². The van der Waals surface area contributed by atoms with Crippen LogP contribution in [0, 0.1) is 0 Å². The van der Waals surface area contributed by atoms with E-state index < -0.39 is 10.2 Å². The number of hydrogen-bond acceptors (Lipinski definition) is 4. The average molecular weight is 357 g/mol. The highest BCUT2D eigenvalue weighted by molar-refractivity contribution is 9.10. The number of nitrogens with zero attached hydrogens (tertiary/aromatic N) is 2. The van der Waals surface area contributed by atoms with Crippen molar-refractivity contribution >= 4 is 37.5 Å². The molecule has 0 bridgehead atoms. The van der Waals surface area contributed by atoms with Gasteiger partial charge in [0.05, 0.1) is 0 Å². The molecular formula is C10H17BrN2O3S2. The zero-order valence-corrected chi connectivity index (χ0v) is 13.6. The highest BCUT2D eigenvalue weighted by Gasteiger charge is 2.23. The van der Waals surface area contributed by atoms with Crippen LogP contribution in [0.3, 0.4) is 0 Å². The van der Waals surface area contributed by atoms with Gasteiger partial charge in [-0.15, -0.1) is 11.3 Å². The van der Waals surface area contributed by atoms with Gasteiger partial charge < -0.3 is 5.11 Å². The number of aliphatic hydroxyl groups is 1. The van der Waals surface area contributed by atoms with Gasteiger partial charge in [0.2, 0.25) is 0 Å². The van der Waals surface area contributed by atoms with Gasteiger partial charge in [-0.25, -0.2) is 0 Å². The summed E-state index contributed by atoms with van der Waals surface area (Å²) in [5.41, 5.74) is 0. The largest absolute Gasteiger partial charge is 0.396 e. The first-order chi connectivity index (χ1) is 8.37. The Balaban J connectivity index is 2.66. The van der Waals surface area contributed by atoms with Crippen LogP contribution in [0.5, 0.6) is 0 Å². The highest BCUT2D eigenvalue weighted by Crippen LogP contribution is 2.22. The van der Waals surface area contributed by atoms with Gasteiger partial charge in [-0.3, -0.25) is 0 Å². The molecule has 8 heteroatoms. The van der Waals surface area contributed by atoms with Crippen molar-refractivity contribution in [2.24, 2.45) is 0 Å². The van der Waals surface area contributed by atoms with E-state index in [1.165, 1.54) is 27.0 Å². The summed E-state index contributed by atoms with van der Waals surface area (Å²) in [7, 11) is -0.380.